The molecule has 0 unspecified atom stereocenters. The quantitative estimate of drug-likeness (QED) is 0.316. The first-order chi connectivity index (χ1) is 13.9. The lowest BCUT2D eigenvalue weighted by atomic mass is 10.3. The lowest BCUT2D eigenvalue weighted by Gasteiger charge is -2.12. The molecule has 0 radical (unpaired) electrons. The summed E-state index contributed by atoms with van der Waals surface area (Å²) in [7, 11) is -2.66. The fourth-order valence-electron chi connectivity index (χ4n) is 2.39. The van der Waals surface area contributed by atoms with Gasteiger partial charge in [0.25, 0.3) is 15.7 Å². The number of hydrogen-bond donors (Lipinski definition) is 2. The second kappa shape index (κ2) is 8.71. The van der Waals surface area contributed by atoms with Crippen LogP contribution in [0.2, 0.25) is 0 Å². The van der Waals surface area contributed by atoms with Crippen LogP contribution in [0.4, 0.5) is 17.1 Å². The highest BCUT2D eigenvalue weighted by atomic mass is 32.2. The molecule has 150 valence electrons. The van der Waals surface area contributed by atoms with E-state index in [2.05, 4.69) is 15.2 Å². The third-order valence-corrected chi connectivity index (χ3v) is 5.92. The van der Waals surface area contributed by atoms with Gasteiger partial charge >= 0.3 is 0 Å². The maximum Gasteiger partial charge on any atom is 0.295 e. The molecule has 1 heterocycles. The molecule has 0 fully saturated rings. The molecule has 9 nitrogen and oxygen atoms in total. The predicted octanol–water partition coefficient (Wildman–Crippen LogP) is 3.91. The molecule has 0 aliphatic rings. The number of nitrogens with zero attached hydrogens (tertiary/aromatic N) is 2. The number of ether oxygens (including phenoxy) is 1. The molecule has 0 aliphatic carbocycles. The van der Waals surface area contributed by atoms with Crippen LogP contribution in [0.5, 0.6) is 5.75 Å². The standard InChI is InChI=1S/C18H16N4O5S2/c1-27-18-7-3-2-6-16(18)21-29(25,26)14-8-9-15(17(11-14)22(23)24)20-19-12-13-5-4-10-28-13/h2-12,20-21H,1H3. The first kappa shape index (κ1) is 20.3. The first-order valence-corrected chi connectivity index (χ1v) is 10.5. The van der Waals surface area contributed by atoms with Gasteiger partial charge in [0.2, 0.25) is 0 Å². The molecule has 2 aromatic carbocycles. The van der Waals surface area contributed by atoms with E-state index in [0.717, 1.165) is 10.9 Å². The molecule has 29 heavy (non-hydrogen) atoms. The lowest BCUT2D eigenvalue weighted by Crippen LogP contribution is -2.14. The molecule has 0 saturated heterocycles. The van der Waals surface area contributed by atoms with Crippen LogP contribution in [-0.2, 0) is 10.0 Å². The molecule has 11 heteroatoms. The minimum absolute atomic E-state index is 0.0686. The summed E-state index contributed by atoms with van der Waals surface area (Å²) in [6.07, 6.45) is 1.52. The minimum atomic E-state index is -4.07. The zero-order chi connectivity index (χ0) is 20.9. The van der Waals surface area contributed by atoms with Gasteiger partial charge in [-0.2, -0.15) is 5.10 Å². The molecule has 3 rings (SSSR count). The Morgan fingerprint density at radius 2 is 1.93 bits per heavy atom. The van der Waals surface area contributed by atoms with Crippen molar-refractivity contribution in [3.05, 3.63) is 75.0 Å². The van der Waals surface area contributed by atoms with Crippen molar-refractivity contribution in [1.82, 2.24) is 0 Å². The van der Waals surface area contributed by atoms with Gasteiger partial charge in [0.1, 0.15) is 11.4 Å². The highest BCUT2D eigenvalue weighted by Gasteiger charge is 2.22. The van der Waals surface area contributed by atoms with Crippen LogP contribution in [-0.4, -0.2) is 26.7 Å². The number of hydrogen-bond acceptors (Lipinski definition) is 8. The molecule has 0 bridgehead atoms. The Balaban J connectivity index is 1.87. The number of methoxy groups -OCH3 is 1. The molecule has 0 aliphatic heterocycles. The van der Waals surface area contributed by atoms with Gasteiger partial charge in [-0.25, -0.2) is 8.42 Å². The minimum Gasteiger partial charge on any atom is -0.495 e. The van der Waals surface area contributed by atoms with E-state index in [4.69, 9.17) is 4.74 Å². The molecule has 0 saturated carbocycles. The second-order valence-corrected chi connectivity index (χ2v) is 8.29. The third kappa shape index (κ3) is 4.89. The fraction of sp³-hybridized carbons (Fsp3) is 0.0556. The van der Waals surface area contributed by atoms with E-state index in [-0.39, 0.29) is 16.3 Å². The van der Waals surface area contributed by atoms with Crippen molar-refractivity contribution in [2.45, 2.75) is 4.90 Å². The Hall–Kier alpha value is -3.44. The summed E-state index contributed by atoms with van der Waals surface area (Å²) >= 11 is 1.46. The summed E-state index contributed by atoms with van der Waals surface area (Å²) in [5.74, 6) is 0.326. The Morgan fingerprint density at radius 1 is 1.14 bits per heavy atom. The summed E-state index contributed by atoms with van der Waals surface area (Å²) in [6.45, 7) is 0. The van der Waals surface area contributed by atoms with Crippen molar-refractivity contribution in [2.75, 3.05) is 17.3 Å². The number of thiophene rings is 1. The van der Waals surface area contributed by atoms with Gasteiger partial charge in [0.05, 0.1) is 28.8 Å². The molecular formula is C18H16N4O5S2. The Morgan fingerprint density at radius 3 is 2.62 bits per heavy atom. The summed E-state index contributed by atoms with van der Waals surface area (Å²) in [4.78, 5) is 11.4. The van der Waals surface area contributed by atoms with Crippen molar-refractivity contribution in [2.24, 2.45) is 5.10 Å². The molecule has 3 aromatic rings. The van der Waals surface area contributed by atoms with Gasteiger partial charge in [0, 0.05) is 10.9 Å². The molecule has 1 aromatic heterocycles. The number of nitro groups is 1. The van der Waals surface area contributed by atoms with E-state index in [1.807, 2.05) is 17.5 Å². The van der Waals surface area contributed by atoms with Crippen molar-refractivity contribution in [3.63, 3.8) is 0 Å². The fourth-order valence-corrected chi connectivity index (χ4v) is 4.06. The van der Waals surface area contributed by atoms with Gasteiger partial charge in [-0.15, -0.1) is 11.3 Å². The smallest absolute Gasteiger partial charge is 0.295 e. The average Bonchev–Trinajstić information content (AvgIpc) is 3.21. The monoisotopic (exact) mass is 432 g/mol. The van der Waals surface area contributed by atoms with Crippen LogP contribution < -0.4 is 14.9 Å². The third-order valence-electron chi connectivity index (χ3n) is 3.75. The number of sulfonamides is 1. The van der Waals surface area contributed by atoms with Crippen LogP contribution in [0, 0.1) is 10.1 Å². The maximum atomic E-state index is 12.7. The Labute approximate surface area is 170 Å². The van der Waals surface area contributed by atoms with E-state index < -0.39 is 20.6 Å². The van der Waals surface area contributed by atoms with Crippen LogP contribution >= 0.6 is 11.3 Å². The zero-order valence-corrected chi connectivity index (χ0v) is 16.7. The number of rotatable bonds is 8. The predicted molar refractivity (Wildman–Crippen MR) is 112 cm³/mol. The second-order valence-electron chi connectivity index (χ2n) is 5.63. The number of nitrogens with one attached hydrogen (secondary N) is 2. The Kier molecular flexibility index (Phi) is 6.10. The van der Waals surface area contributed by atoms with Gasteiger partial charge in [-0.1, -0.05) is 18.2 Å². The molecule has 2 N–H and O–H groups in total. The average molecular weight is 432 g/mol. The maximum absolute atomic E-state index is 12.7. The number of anilines is 2. The van der Waals surface area contributed by atoms with E-state index >= 15 is 0 Å². The van der Waals surface area contributed by atoms with Crippen LogP contribution in [0.15, 0.2) is 70.0 Å². The summed E-state index contributed by atoms with van der Waals surface area (Å²) in [5.41, 5.74) is 2.45. The van der Waals surface area contributed by atoms with Crippen molar-refractivity contribution >= 4 is 44.6 Å². The molecule has 0 amide bonds. The van der Waals surface area contributed by atoms with Crippen LogP contribution in [0.3, 0.4) is 0 Å². The number of para-hydroxylation sites is 2. The van der Waals surface area contributed by atoms with E-state index in [1.165, 1.54) is 42.9 Å². The Bertz CT molecular complexity index is 1140. The number of nitro benzene ring substituents is 1. The molecule has 0 spiro atoms. The highest BCUT2D eigenvalue weighted by molar-refractivity contribution is 7.92. The summed E-state index contributed by atoms with van der Waals surface area (Å²) in [5, 5.41) is 17.3. The molecular weight excluding hydrogens is 416 g/mol. The SMILES string of the molecule is COc1ccccc1NS(=O)(=O)c1ccc(NN=Cc2cccs2)c([N+](=O)[O-])c1. The van der Waals surface area contributed by atoms with Crippen LogP contribution in [0.1, 0.15) is 4.88 Å². The summed E-state index contributed by atoms with van der Waals surface area (Å²) < 4.78 is 32.9. The normalized spacial score (nSPS) is 11.3. The highest BCUT2D eigenvalue weighted by Crippen LogP contribution is 2.30. The zero-order valence-electron chi connectivity index (χ0n) is 15.1. The summed E-state index contributed by atoms with van der Waals surface area (Å²) in [6, 6.07) is 13.7. The topological polar surface area (TPSA) is 123 Å². The lowest BCUT2D eigenvalue weighted by molar-refractivity contribution is -0.384. The molecule has 0 atom stereocenters. The number of benzene rings is 2. The van der Waals surface area contributed by atoms with E-state index in [9.17, 15) is 18.5 Å². The van der Waals surface area contributed by atoms with Crippen LogP contribution in [0.25, 0.3) is 0 Å². The van der Waals surface area contributed by atoms with Gasteiger partial charge in [0.15, 0.2) is 0 Å². The van der Waals surface area contributed by atoms with Crippen molar-refractivity contribution in [3.8, 4) is 5.75 Å². The first-order valence-electron chi connectivity index (χ1n) is 8.17. The van der Waals surface area contributed by atoms with Crippen molar-refractivity contribution in [1.29, 1.82) is 0 Å². The van der Waals surface area contributed by atoms with Gasteiger partial charge in [-0.3, -0.25) is 20.3 Å². The number of hydrazone groups is 1. The largest absolute Gasteiger partial charge is 0.495 e. The van der Waals surface area contributed by atoms with E-state index in [0.29, 0.717) is 5.75 Å². The van der Waals surface area contributed by atoms with Gasteiger partial charge in [-0.05, 0) is 35.7 Å². The van der Waals surface area contributed by atoms with E-state index in [1.54, 1.807) is 18.2 Å². The van der Waals surface area contributed by atoms with Gasteiger partial charge < -0.3 is 4.74 Å². The van der Waals surface area contributed by atoms with Crippen molar-refractivity contribution < 1.29 is 18.1 Å².